The second-order valence-electron chi connectivity index (χ2n) is 6.69. The molecule has 0 radical (unpaired) electrons. The first kappa shape index (κ1) is 14.2. The molecule has 0 spiro atoms. The normalized spacial score (nSPS) is 36.8. The van der Waals surface area contributed by atoms with Gasteiger partial charge in [-0.05, 0) is 43.9 Å². The van der Waals surface area contributed by atoms with E-state index in [1.807, 2.05) is 0 Å². The van der Waals surface area contributed by atoms with Gasteiger partial charge in [0.2, 0.25) is 0 Å². The summed E-state index contributed by atoms with van der Waals surface area (Å²) in [6.45, 7) is 4.53. The maximum Gasteiger partial charge on any atom is 0.391 e. The second kappa shape index (κ2) is 5.03. The average Bonchev–Trinajstić information content (AvgIpc) is 2.58. The highest BCUT2D eigenvalue weighted by Crippen LogP contribution is 2.40. The van der Waals surface area contributed by atoms with E-state index >= 15 is 0 Å². The van der Waals surface area contributed by atoms with Crippen LogP contribution >= 0.6 is 0 Å². The van der Waals surface area contributed by atoms with Gasteiger partial charge in [0.05, 0.1) is 5.92 Å². The molecule has 2 saturated carbocycles. The summed E-state index contributed by atoms with van der Waals surface area (Å²) in [6.07, 6.45) is 1.60. The van der Waals surface area contributed by atoms with E-state index in [0.717, 1.165) is 0 Å². The molecule has 18 heavy (non-hydrogen) atoms. The van der Waals surface area contributed by atoms with Crippen LogP contribution in [0.4, 0.5) is 13.2 Å². The maximum absolute atomic E-state index is 12.6. The maximum atomic E-state index is 12.6. The van der Waals surface area contributed by atoms with Crippen molar-refractivity contribution in [1.29, 1.82) is 0 Å². The zero-order valence-corrected chi connectivity index (χ0v) is 11.3. The molecule has 1 nitrogen and oxygen atoms in total. The summed E-state index contributed by atoms with van der Waals surface area (Å²) < 4.78 is 37.7. The molecule has 0 aliphatic heterocycles. The van der Waals surface area contributed by atoms with Gasteiger partial charge in [-0.3, -0.25) is 0 Å². The van der Waals surface area contributed by atoms with E-state index < -0.39 is 12.1 Å². The molecular formula is C14H24F3N. The van der Waals surface area contributed by atoms with E-state index in [1.54, 1.807) is 0 Å². The van der Waals surface area contributed by atoms with E-state index in [4.69, 9.17) is 0 Å². The van der Waals surface area contributed by atoms with Gasteiger partial charge in [0.15, 0.2) is 0 Å². The Hall–Kier alpha value is -0.250. The van der Waals surface area contributed by atoms with Gasteiger partial charge < -0.3 is 5.32 Å². The van der Waals surface area contributed by atoms with Crippen LogP contribution < -0.4 is 5.32 Å². The molecule has 4 heteroatoms. The molecule has 2 aliphatic rings. The Balaban J connectivity index is 1.80. The summed E-state index contributed by atoms with van der Waals surface area (Å²) in [6, 6.07) is 0.788. The molecule has 2 fully saturated rings. The van der Waals surface area contributed by atoms with Gasteiger partial charge in [0, 0.05) is 12.1 Å². The van der Waals surface area contributed by atoms with Crippen LogP contribution in [0.15, 0.2) is 0 Å². The van der Waals surface area contributed by atoms with Gasteiger partial charge in [0.1, 0.15) is 0 Å². The molecular weight excluding hydrogens is 239 g/mol. The van der Waals surface area contributed by atoms with Crippen LogP contribution in [0.5, 0.6) is 0 Å². The van der Waals surface area contributed by atoms with Crippen LogP contribution in [0.2, 0.25) is 0 Å². The molecule has 0 amide bonds. The van der Waals surface area contributed by atoms with Gasteiger partial charge in [-0.25, -0.2) is 0 Å². The van der Waals surface area contributed by atoms with E-state index in [0.29, 0.717) is 43.2 Å². The van der Waals surface area contributed by atoms with Gasteiger partial charge >= 0.3 is 6.18 Å². The number of halogens is 3. The van der Waals surface area contributed by atoms with Crippen LogP contribution in [0, 0.1) is 11.3 Å². The minimum atomic E-state index is -3.99. The Morgan fingerprint density at radius 2 is 1.61 bits per heavy atom. The minimum Gasteiger partial charge on any atom is -0.311 e. The summed E-state index contributed by atoms with van der Waals surface area (Å²) in [5.74, 6) is -1.06. The fourth-order valence-corrected chi connectivity index (χ4v) is 3.51. The Morgan fingerprint density at radius 1 is 1.00 bits per heavy atom. The largest absolute Gasteiger partial charge is 0.391 e. The zero-order chi connectivity index (χ0) is 13.4. The lowest BCUT2D eigenvalue weighted by atomic mass is 9.83. The lowest BCUT2D eigenvalue weighted by Crippen LogP contribution is -2.46. The molecule has 1 unspecified atom stereocenters. The molecule has 0 heterocycles. The first-order chi connectivity index (χ1) is 8.29. The van der Waals surface area contributed by atoms with Gasteiger partial charge in [0.25, 0.3) is 0 Å². The van der Waals surface area contributed by atoms with Gasteiger partial charge in [-0.15, -0.1) is 0 Å². The summed E-state index contributed by atoms with van der Waals surface area (Å²) in [7, 11) is 0. The predicted octanol–water partition coefficient (Wildman–Crippen LogP) is 4.28. The third-order valence-corrected chi connectivity index (χ3v) is 4.88. The summed E-state index contributed by atoms with van der Waals surface area (Å²) in [5, 5.41) is 3.61. The Morgan fingerprint density at radius 3 is 2.06 bits per heavy atom. The van der Waals surface area contributed by atoms with E-state index in [1.165, 1.54) is 19.3 Å². The van der Waals surface area contributed by atoms with Crippen molar-refractivity contribution >= 4 is 0 Å². The molecule has 0 bridgehead atoms. The number of nitrogens with one attached hydrogen (secondary N) is 1. The van der Waals surface area contributed by atoms with Crippen LogP contribution in [0.3, 0.4) is 0 Å². The summed E-state index contributed by atoms with van der Waals surface area (Å²) >= 11 is 0. The summed E-state index contributed by atoms with van der Waals surface area (Å²) in [4.78, 5) is 0. The SMILES string of the molecule is CC1(C)CCCC1NC1CCC(C(F)(F)F)CC1. The highest BCUT2D eigenvalue weighted by Gasteiger charge is 2.42. The van der Waals surface area contributed by atoms with Crippen molar-refractivity contribution in [3.63, 3.8) is 0 Å². The Kier molecular flexibility index (Phi) is 3.96. The monoisotopic (exact) mass is 263 g/mol. The third-order valence-electron chi connectivity index (χ3n) is 4.88. The minimum absolute atomic E-state index is 0.297. The van der Waals surface area contributed by atoms with Crippen molar-refractivity contribution in [2.45, 2.75) is 77.1 Å². The molecule has 0 saturated heterocycles. The van der Waals surface area contributed by atoms with Crippen LogP contribution in [-0.2, 0) is 0 Å². The van der Waals surface area contributed by atoms with Crippen molar-refractivity contribution in [2.75, 3.05) is 0 Å². The molecule has 2 rings (SSSR count). The van der Waals surface area contributed by atoms with E-state index in [9.17, 15) is 13.2 Å². The first-order valence-electron chi connectivity index (χ1n) is 7.12. The summed E-state index contributed by atoms with van der Waals surface area (Å²) in [5.41, 5.74) is 0.306. The van der Waals surface area contributed by atoms with Crippen LogP contribution in [0.1, 0.15) is 58.8 Å². The first-order valence-corrected chi connectivity index (χ1v) is 7.12. The van der Waals surface area contributed by atoms with Crippen molar-refractivity contribution in [2.24, 2.45) is 11.3 Å². The van der Waals surface area contributed by atoms with E-state index in [-0.39, 0.29) is 0 Å². The Bertz CT molecular complexity index is 277. The lowest BCUT2D eigenvalue weighted by molar-refractivity contribution is -0.182. The molecule has 0 aromatic rings. The second-order valence-corrected chi connectivity index (χ2v) is 6.69. The lowest BCUT2D eigenvalue weighted by Gasteiger charge is -2.36. The highest BCUT2D eigenvalue weighted by atomic mass is 19.4. The molecule has 0 aromatic heterocycles. The van der Waals surface area contributed by atoms with Crippen LogP contribution in [-0.4, -0.2) is 18.3 Å². The van der Waals surface area contributed by atoms with E-state index in [2.05, 4.69) is 19.2 Å². The fraction of sp³-hybridized carbons (Fsp3) is 1.00. The number of rotatable bonds is 2. The topological polar surface area (TPSA) is 12.0 Å². The molecule has 0 aromatic carbocycles. The Labute approximate surface area is 108 Å². The number of hydrogen-bond acceptors (Lipinski definition) is 1. The predicted molar refractivity (Wildman–Crippen MR) is 66.4 cm³/mol. The van der Waals surface area contributed by atoms with Crippen molar-refractivity contribution < 1.29 is 13.2 Å². The highest BCUT2D eigenvalue weighted by molar-refractivity contribution is 4.93. The number of hydrogen-bond donors (Lipinski definition) is 1. The van der Waals surface area contributed by atoms with Crippen molar-refractivity contribution in [1.82, 2.24) is 5.32 Å². The average molecular weight is 263 g/mol. The number of alkyl halides is 3. The fourth-order valence-electron chi connectivity index (χ4n) is 3.51. The van der Waals surface area contributed by atoms with Gasteiger partial charge in [-0.1, -0.05) is 20.3 Å². The smallest absolute Gasteiger partial charge is 0.311 e. The standard InChI is InChI=1S/C14H24F3N/c1-13(2)9-3-4-12(13)18-11-7-5-10(6-8-11)14(15,16)17/h10-12,18H,3-9H2,1-2H3. The van der Waals surface area contributed by atoms with Crippen molar-refractivity contribution in [3.8, 4) is 0 Å². The molecule has 1 N–H and O–H groups in total. The van der Waals surface area contributed by atoms with Crippen molar-refractivity contribution in [3.05, 3.63) is 0 Å². The zero-order valence-electron chi connectivity index (χ0n) is 11.3. The quantitative estimate of drug-likeness (QED) is 0.784. The van der Waals surface area contributed by atoms with Crippen LogP contribution in [0.25, 0.3) is 0 Å². The molecule has 1 atom stereocenters. The third kappa shape index (κ3) is 3.19. The van der Waals surface area contributed by atoms with Gasteiger partial charge in [-0.2, -0.15) is 13.2 Å². The molecule has 2 aliphatic carbocycles. The molecule has 106 valence electrons.